The van der Waals surface area contributed by atoms with Crippen molar-refractivity contribution >= 4 is 34.4 Å². The number of carbonyl (C=O) groups is 2. The summed E-state index contributed by atoms with van der Waals surface area (Å²) >= 11 is 2.13. The van der Waals surface area contributed by atoms with Crippen molar-refractivity contribution in [3.8, 4) is 5.75 Å². The summed E-state index contributed by atoms with van der Waals surface area (Å²) in [7, 11) is 0. The lowest BCUT2D eigenvalue weighted by Gasteiger charge is -2.14. The standard InChI is InChI=1S/C14H8INO3/c15-9-4-3-5-10(8-9)19-16-13(17)11-6-1-2-7-12(11)14(16)18/h1-8H. The van der Waals surface area contributed by atoms with E-state index in [0.717, 1.165) is 8.63 Å². The van der Waals surface area contributed by atoms with E-state index in [1.807, 2.05) is 6.07 Å². The van der Waals surface area contributed by atoms with Gasteiger partial charge >= 0.3 is 0 Å². The normalized spacial score (nSPS) is 13.6. The molecule has 0 fully saturated rings. The highest BCUT2D eigenvalue weighted by molar-refractivity contribution is 14.1. The van der Waals surface area contributed by atoms with Gasteiger partial charge in [-0.1, -0.05) is 23.3 Å². The average molecular weight is 365 g/mol. The van der Waals surface area contributed by atoms with Gasteiger partial charge in [-0.2, -0.15) is 0 Å². The largest absolute Gasteiger partial charge is 0.368 e. The highest BCUT2D eigenvalue weighted by atomic mass is 127. The Morgan fingerprint density at radius 1 is 0.895 bits per heavy atom. The van der Waals surface area contributed by atoms with Crippen LogP contribution in [0.15, 0.2) is 48.5 Å². The number of benzene rings is 2. The minimum absolute atomic E-state index is 0.373. The molecular weight excluding hydrogens is 357 g/mol. The second-order valence-electron chi connectivity index (χ2n) is 4.00. The molecule has 0 atom stereocenters. The van der Waals surface area contributed by atoms with E-state index in [-0.39, 0.29) is 0 Å². The fourth-order valence-corrected chi connectivity index (χ4v) is 2.39. The van der Waals surface area contributed by atoms with Gasteiger partial charge in [-0.3, -0.25) is 9.59 Å². The first-order valence-corrected chi connectivity index (χ1v) is 6.66. The predicted octanol–water partition coefficient (Wildman–Crippen LogP) is 2.88. The molecule has 0 aromatic heterocycles. The molecule has 0 aliphatic carbocycles. The maximum absolute atomic E-state index is 12.1. The zero-order valence-corrected chi connectivity index (χ0v) is 11.8. The number of amides is 2. The van der Waals surface area contributed by atoms with Crippen molar-refractivity contribution in [2.45, 2.75) is 0 Å². The Morgan fingerprint density at radius 3 is 2.11 bits per heavy atom. The summed E-state index contributed by atoms with van der Waals surface area (Å²) in [4.78, 5) is 29.5. The highest BCUT2D eigenvalue weighted by Crippen LogP contribution is 2.25. The van der Waals surface area contributed by atoms with Crippen molar-refractivity contribution in [1.82, 2.24) is 5.06 Å². The van der Waals surface area contributed by atoms with Crippen LogP contribution in [-0.4, -0.2) is 16.9 Å². The summed E-state index contributed by atoms with van der Waals surface area (Å²) in [5, 5.41) is 0.802. The third-order valence-electron chi connectivity index (χ3n) is 2.75. The third-order valence-corrected chi connectivity index (χ3v) is 3.42. The van der Waals surface area contributed by atoms with Crippen molar-refractivity contribution in [3.63, 3.8) is 0 Å². The zero-order valence-electron chi connectivity index (χ0n) is 9.67. The summed E-state index contributed by atoms with van der Waals surface area (Å²) in [6, 6.07) is 13.8. The molecule has 0 saturated heterocycles. The minimum Gasteiger partial charge on any atom is -0.368 e. The molecule has 0 N–H and O–H groups in total. The summed E-state index contributed by atoms with van der Waals surface area (Å²) < 4.78 is 0.965. The number of hydroxylamine groups is 2. The second-order valence-corrected chi connectivity index (χ2v) is 5.24. The van der Waals surface area contributed by atoms with Crippen molar-refractivity contribution in [2.75, 3.05) is 0 Å². The third kappa shape index (κ3) is 2.10. The van der Waals surface area contributed by atoms with Gasteiger partial charge in [-0.15, -0.1) is 0 Å². The van der Waals surface area contributed by atoms with Crippen LogP contribution in [0.1, 0.15) is 20.7 Å². The van der Waals surface area contributed by atoms with Gasteiger partial charge in [0.1, 0.15) is 0 Å². The molecule has 0 saturated carbocycles. The number of hydrogen-bond acceptors (Lipinski definition) is 3. The van der Waals surface area contributed by atoms with E-state index >= 15 is 0 Å². The Balaban J connectivity index is 1.92. The SMILES string of the molecule is O=C1c2ccccc2C(=O)N1Oc1cccc(I)c1. The van der Waals surface area contributed by atoms with Gasteiger partial charge in [0.05, 0.1) is 11.1 Å². The van der Waals surface area contributed by atoms with Gasteiger partial charge in [-0.05, 0) is 52.9 Å². The van der Waals surface area contributed by atoms with Crippen LogP contribution in [0.25, 0.3) is 0 Å². The molecule has 0 bridgehead atoms. The van der Waals surface area contributed by atoms with Gasteiger partial charge in [0.2, 0.25) is 0 Å². The quantitative estimate of drug-likeness (QED) is 0.608. The molecule has 1 heterocycles. The van der Waals surface area contributed by atoms with Gasteiger partial charge in [0, 0.05) is 3.57 Å². The lowest BCUT2D eigenvalue weighted by atomic mass is 10.1. The molecule has 0 unspecified atom stereocenters. The van der Waals surface area contributed by atoms with E-state index in [9.17, 15) is 9.59 Å². The van der Waals surface area contributed by atoms with Gasteiger partial charge in [-0.25, -0.2) is 0 Å². The fourth-order valence-electron chi connectivity index (χ4n) is 1.88. The summed E-state index contributed by atoms with van der Waals surface area (Å²) in [6.07, 6.45) is 0. The number of halogens is 1. The molecule has 5 heteroatoms. The fraction of sp³-hybridized carbons (Fsp3) is 0. The van der Waals surface area contributed by atoms with Gasteiger partial charge in [0.15, 0.2) is 5.75 Å². The molecule has 94 valence electrons. The van der Waals surface area contributed by atoms with Crippen LogP contribution in [-0.2, 0) is 0 Å². The van der Waals surface area contributed by atoms with E-state index in [1.54, 1.807) is 42.5 Å². The Hall–Kier alpha value is -1.89. The van der Waals surface area contributed by atoms with Crippen LogP contribution < -0.4 is 4.84 Å². The number of nitrogens with zero attached hydrogens (tertiary/aromatic N) is 1. The van der Waals surface area contributed by atoms with E-state index in [4.69, 9.17) is 4.84 Å². The molecule has 0 spiro atoms. The van der Waals surface area contributed by atoms with Crippen molar-refractivity contribution in [1.29, 1.82) is 0 Å². The Morgan fingerprint density at radius 2 is 1.53 bits per heavy atom. The Labute approximate surface area is 123 Å². The van der Waals surface area contributed by atoms with E-state index in [2.05, 4.69) is 22.6 Å². The van der Waals surface area contributed by atoms with Crippen molar-refractivity contribution in [3.05, 3.63) is 63.2 Å². The molecule has 1 aliphatic rings. The molecule has 3 rings (SSSR count). The number of imide groups is 1. The smallest absolute Gasteiger partial charge is 0.295 e. The van der Waals surface area contributed by atoms with Crippen LogP contribution in [0, 0.1) is 3.57 Å². The molecule has 4 nitrogen and oxygen atoms in total. The maximum atomic E-state index is 12.1. The first kappa shape index (κ1) is 12.2. The van der Waals surface area contributed by atoms with E-state index in [1.165, 1.54) is 0 Å². The zero-order chi connectivity index (χ0) is 13.4. The predicted molar refractivity (Wildman–Crippen MR) is 76.7 cm³/mol. The monoisotopic (exact) mass is 365 g/mol. The van der Waals surface area contributed by atoms with Crippen molar-refractivity contribution < 1.29 is 14.4 Å². The lowest BCUT2D eigenvalue weighted by Crippen LogP contribution is -2.33. The second kappa shape index (κ2) is 4.65. The minimum atomic E-state index is -0.431. The van der Waals surface area contributed by atoms with Crippen LogP contribution in [0.2, 0.25) is 0 Å². The first-order valence-electron chi connectivity index (χ1n) is 5.58. The molecule has 1 aliphatic heterocycles. The Bertz CT molecular complexity index is 649. The molecule has 2 amide bonds. The molecule has 0 radical (unpaired) electrons. The van der Waals surface area contributed by atoms with E-state index in [0.29, 0.717) is 16.9 Å². The van der Waals surface area contributed by atoms with Crippen LogP contribution in [0.5, 0.6) is 5.75 Å². The lowest BCUT2D eigenvalue weighted by molar-refractivity contribution is -0.0141. The number of rotatable bonds is 2. The average Bonchev–Trinajstić information content (AvgIpc) is 2.65. The van der Waals surface area contributed by atoms with Crippen LogP contribution in [0.4, 0.5) is 0 Å². The molecule has 19 heavy (non-hydrogen) atoms. The van der Waals surface area contributed by atoms with Crippen LogP contribution in [0.3, 0.4) is 0 Å². The maximum Gasteiger partial charge on any atom is 0.295 e. The summed E-state index contributed by atoms with van der Waals surface area (Å²) in [6.45, 7) is 0. The number of fused-ring (bicyclic) bond motifs is 1. The van der Waals surface area contributed by atoms with Crippen molar-refractivity contribution in [2.24, 2.45) is 0 Å². The number of hydrogen-bond donors (Lipinski definition) is 0. The molecule has 2 aromatic rings. The summed E-state index contributed by atoms with van der Waals surface area (Å²) in [5.41, 5.74) is 0.747. The highest BCUT2D eigenvalue weighted by Gasteiger charge is 2.37. The summed E-state index contributed by atoms with van der Waals surface area (Å²) in [5.74, 6) is -0.402. The molecule has 2 aromatic carbocycles. The van der Waals surface area contributed by atoms with E-state index < -0.39 is 11.8 Å². The number of carbonyl (C=O) groups excluding carboxylic acids is 2. The Kier molecular flexibility index (Phi) is 2.98. The topological polar surface area (TPSA) is 46.6 Å². The molecular formula is C14H8INO3. The van der Waals surface area contributed by atoms with Gasteiger partial charge < -0.3 is 4.84 Å². The van der Waals surface area contributed by atoms with Gasteiger partial charge in [0.25, 0.3) is 11.8 Å². The first-order chi connectivity index (χ1) is 9.16. The van der Waals surface area contributed by atoms with Crippen LogP contribution >= 0.6 is 22.6 Å².